The van der Waals surface area contributed by atoms with Gasteiger partial charge in [0.05, 0.1) is 12.7 Å². The highest BCUT2D eigenvalue weighted by molar-refractivity contribution is 7.98. The Labute approximate surface area is 168 Å². The first-order valence-electron chi connectivity index (χ1n) is 10.2. The molecule has 0 spiro atoms. The van der Waals surface area contributed by atoms with E-state index in [1.807, 2.05) is 18.6 Å². The molecule has 1 aromatic rings. The summed E-state index contributed by atoms with van der Waals surface area (Å²) >= 11 is 1.59. The van der Waals surface area contributed by atoms with Gasteiger partial charge in [0.1, 0.15) is 0 Å². The molecule has 27 heavy (non-hydrogen) atoms. The van der Waals surface area contributed by atoms with Crippen LogP contribution in [0.25, 0.3) is 0 Å². The lowest BCUT2D eigenvalue weighted by atomic mass is 9.95. The minimum absolute atomic E-state index is 0.387. The zero-order valence-corrected chi connectivity index (χ0v) is 17.6. The van der Waals surface area contributed by atoms with E-state index < -0.39 is 0 Å². The van der Waals surface area contributed by atoms with Crippen LogP contribution < -0.4 is 0 Å². The molecule has 2 saturated heterocycles. The molecular formula is C20H34N4O2S. The summed E-state index contributed by atoms with van der Waals surface area (Å²) in [6, 6.07) is 0. The fourth-order valence-electron chi connectivity index (χ4n) is 4.05. The van der Waals surface area contributed by atoms with Crippen LogP contribution in [0.1, 0.15) is 31.2 Å². The Morgan fingerprint density at radius 2 is 2.00 bits per heavy atom. The van der Waals surface area contributed by atoms with E-state index in [1.165, 1.54) is 44.3 Å². The summed E-state index contributed by atoms with van der Waals surface area (Å²) in [7, 11) is 1.78. The lowest BCUT2D eigenvalue weighted by Gasteiger charge is -2.35. The molecule has 0 aromatic carbocycles. The van der Waals surface area contributed by atoms with E-state index in [0.717, 1.165) is 50.5 Å². The SMILES string of the molecule is COCCN1CCC(CN(Cc2cnc(SC)nc2)CC2CCCO2)CC1. The number of piperidine rings is 1. The minimum Gasteiger partial charge on any atom is -0.383 e. The normalized spacial score (nSPS) is 22.0. The Morgan fingerprint density at radius 3 is 2.63 bits per heavy atom. The zero-order chi connectivity index (χ0) is 18.9. The van der Waals surface area contributed by atoms with Gasteiger partial charge in [0.2, 0.25) is 0 Å². The number of methoxy groups -OCH3 is 1. The fourth-order valence-corrected chi connectivity index (χ4v) is 4.36. The summed E-state index contributed by atoms with van der Waals surface area (Å²) in [6.07, 6.45) is 11.3. The number of hydrogen-bond donors (Lipinski definition) is 0. The molecule has 0 bridgehead atoms. The molecular weight excluding hydrogens is 360 g/mol. The topological polar surface area (TPSA) is 50.7 Å². The summed E-state index contributed by atoms with van der Waals surface area (Å²) in [5.41, 5.74) is 1.20. The van der Waals surface area contributed by atoms with Gasteiger partial charge in [-0.05, 0) is 50.9 Å². The van der Waals surface area contributed by atoms with Gasteiger partial charge in [0.25, 0.3) is 0 Å². The monoisotopic (exact) mass is 394 g/mol. The largest absolute Gasteiger partial charge is 0.383 e. The summed E-state index contributed by atoms with van der Waals surface area (Å²) in [5.74, 6) is 0.761. The summed E-state index contributed by atoms with van der Waals surface area (Å²) in [4.78, 5) is 14.0. The lowest BCUT2D eigenvalue weighted by molar-refractivity contribution is 0.0551. The third-order valence-corrected chi connectivity index (χ3v) is 6.17. The maximum atomic E-state index is 5.91. The van der Waals surface area contributed by atoms with Crippen molar-refractivity contribution in [1.29, 1.82) is 0 Å². The van der Waals surface area contributed by atoms with Crippen LogP contribution in [-0.2, 0) is 16.0 Å². The molecule has 7 heteroatoms. The van der Waals surface area contributed by atoms with Gasteiger partial charge in [-0.3, -0.25) is 4.90 Å². The number of rotatable bonds is 10. The molecule has 1 unspecified atom stereocenters. The maximum Gasteiger partial charge on any atom is 0.187 e. The first-order valence-corrected chi connectivity index (χ1v) is 11.4. The Balaban J connectivity index is 1.53. The van der Waals surface area contributed by atoms with Crippen LogP contribution in [0.4, 0.5) is 0 Å². The van der Waals surface area contributed by atoms with E-state index in [2.05, 4.69) is 19.8 Å². The van der Waals surface area contributed by atoms with Crippen molar-refractivity contribution >= 4 is 11.8 Å². The van der Waals surface area contributed by atoms with Crippen molar-refractivity contribution in [3.05, 3.63) is 18.0 Å². The molecule has 3 rings (SSSR count). The van der Waals surface area contributed by atoms with Crippen molar-refractivity contribution in [3.63, 3.8) is 0 Å². The van der Waals surface area contributed by atoms with E-state index >= 15 is 0 Å². The summed E-state index contributed by atoms with van der Waals surface area (Å²) in [5, 5.41) is 0.841. The highest BCUT2D eigenvalue weighted by Crippen LogP contribution is 2.21. The molecule has 152 valence electrons. The van der Waals surface area contributed by atoms with Crippen molar-refractivity contribution in [3.8, 4) is 0 Å². The van der Waals surface area contributed by atoms with Crippen LogP contribution in [-0.4, -0.2) is 85.2 Å². The van der Waals surface area contributed by atoms with Gasteiger partial charge < -0.3 is 14.4 Å². The number of ether oxygens (including phenoxy) is 2. The van der Waals surface area contributed by atoms with Crippen molar-refractivity contribution in [2.24, 2.45) is 5.92 Å². The van der Waals surface area contributed by atoms with Gasteiger partial charge in [-0.2, -0.15) is 0 Å². The average Bonchev–Trinajstić information content (AvgIpc) is 3.21. The second kappa shape index (κ2) is 11.3. The van der Waals surface area contributed by atoms with Crippen LogP contribution >= 0.6 is 11.8 Å². The predicted octanol–water partition coefficient (Wildman–Crippen LogP) is 2.54. The maximum absolute atomic E-state index is 5.91. The molecule has 0 saturated carbocycles. The second-order valence-corrected chi connectivity index (χ2v) is 8.46. The first kappa shape index (κ1) is 21.0. The van der Waals surface area contributed by atoms with Crippen LogP contribution in [0.5, 0.6) is 0 Å². The van der Waals surface area contributed by atoms with E-state index in [0.29, 0.717) is 6.10 Å². The van der Waals surface area contributed by atoms with Crippen molar-refractivity contribution in [1.82, 2.24) is 19.8 Å². The molecule has 3 heterocycles. The number of thioether (sulfide) groups is 1. The van der Waals surface area contributed by atoms with Crippen molar-refractivity contribution in [2.75, 3.05) is 59.3 Å². The Bertz CT molecular complexity index is 531. The van der Waals surface area contributed by atoms with Crippen LogP contribution in [0, 0.1) is 5.92 Å². The van der Waals surface area contributed by atoms with Gasteiger partial charge in [-0.25, -0.2) is 9.97 Å². The molecule has 2 fully saturated rings. The third kappa shape index (κ3) is 6.98. The summed E-state index contributed by atoms with van der Waals surface area (Å²) < 4.78 is 11.1. The Kier molecular flexibility index (Phi) is 8.80. The Hall–Kier alpha value is -0.730. The number of aromatic nitrogens is 2. The van der Waals surface area contributed by atoms with Gasteiger partial charge in [0.15, 0.2) is 5.16 Å². The van der Waals surface area contributed by atoms with Gasteiger partial charge in [0, 0.05) is 57.9 Å². The molecule has 0 radical (unpaired) electrons. The lowest BCUT2D eigenvalue weighted by Crippen LogP contribution is -2.41. The fraction of sp³-hybridized carbons (Fsp3) is 0.800. The highest BCUT2D eigenvalue weighted by Gasteiger charge is 2.24. The second-order valence-electron chi connectivity index (χ2n) is 7.68. The van der Waals surface area contributed by atoms with E-state index in [-0.39, 0.29) is 0 Å². The highest BCUT2D eigenvalue weighted by atomic mass is 32.2. The van der Waals surface area contributed by atoms with Crippen LogP contribution in [0.15, 0.2) is 17.6 Å². The average molecular weight is 395 g/mol. The number of nitrogens with zero attached hydrogens (tertiary/aromatic N) is 4. The van der Waals surface area contributed by atoms with Crippen LogP contribution in [0.2, 0.25) is 0 Å². The van der Waals surface area contributed by atoms with Gasteiger partial charge in [-0.15, -0.1) is 0 Å². The minimum atomic E-state index is 0.387. The molecule has 1 atom stereocenters. The smallest absolute Gasteiger partial charge is 0.187 e. The number of hydrogen-bond acceptors (Lipinski definition) is 7. The molecule has 1 aromatic heterocycles. The van der Waals surface area contributed by atoms with Crippen molar-refractivity contribution < 1.29 is 9.47 Å². The van der Waals surface area contributed by atoms with E-state index in [1.54, 1.807) is 18.9 Å². The van der Waals surface area contributed by atoms with Gasteiger partial charge in [-0.1, -0.05) is 11.8 Å². The van der Waals surface area contributed by atoms with E-state index in [4.69, 9.17) is 9.47 Å². The quantitative estimate of drug-likeness (QED) is 0.446. The van der Waals surface area contributed by atoms with Gasteiger partial charge >= 0.3 is 0 Å². The molecule has 6 nitrogen and oxygen atoms in total. The van der Waals surface area contributed by atoms with E-state index in [9.17, 15) is 0 Å². The molecule has 2 aliphatic heterocycles. The molecule has 0 amide bonds. The standard InChI is InChI=1S/C20H34N4O2S/c1-25-11-9-23-7-5-17(6-8-23)14-24(16-19-4-3-10-26-19)15-18-12-21-20(27-2)22-13-18/h12-13,17,19H,3-11,14-16H2,1-2H3. The number of likely N-dealkylation sites (tertiary alicyclic amines) is 1. The first-order chi connectivity index (χ1) is 13.3. The zero-order valence-electron chi connectivity index (χ0n) is 16.8. The Morgan fingerprint density at radius 1 is 1.22 bits per heavy atom. The molecule has 0 N–H and O–H groups in total. The predicted molar refractivity (Wildman–Crippen MR) is 109 cm³/mol. The van der Waals surface area contributed by atoms with Crippen molar-refractivity contribution in [2.45, 2.75) is 43.5 Å². The third-order valence-electron chi connectivity index (χ3n) is 5.59. The summed E-state index contributed by atoms with van der Waals surface area (Å²) in [6.45, 7) is 8.27. The molecule has 2 aliphatic rings. The molecule has 0 aliphatic carbocycles. The van der Waals surface area contributed by atoms with Crippen LogP contribution in [0.3, 0.4) is 0 Å².